The number of carbonyl (C=O) groups excluding carboxylic acids is 2. The number of ether oxygens (including phenoxy) is 2. The molecule has 2 aliphatic rings. The second-order valence-corrected chi connectivity index (χ2v) is 16.2. The Morgan fingerprint density at radius 3 is 1.20 bits per heavy atom. The predicted octanol–water partition coefficient (Wildman–Crippen LogP) is 13.1. The fraction of sp³-hybridized carbons (Fsp3) is 0.308. The van der Waals surface area contributed by atoms with E-state index in [4.69, 9.17) is 9.47 Å². The normalized spacial score (nSPS) is 21.5. The molecule has 0 amide bonds. The van der Waals surface area contributed by atoms with Gasteiger partial charge in [0.1, 0.15) is 11.5 Å². The molecule has 2 aliphatic carbocycles. The number of hydrogen-bond donors (Lipinski definition) is 0. The van der Waals surface area contributed by atoms with Crippen LogP contribution in [0.5, 0.6) is 11.5 Å². The molecule has 0 aromatic heterocycles. The number of benzene rings is 2. The molecule has 0 saturated heterocycles. The van der Waals surface area contributed by atoms with Gasteiger partial charge >= 0.3 is 0 Å². The van der Waals surface area contributed by atoms with Gasteiger partial charge in [-0.1, -0.05) is 171 Å². The van der Waals surface area contributed by atoms with Crippen molar-refractivity contribution in [3.63, 3.8) is 0 Å². The molecule has 56 heavy (non-hydrogen) atoms. The fourth-order valence-corrected chi connectivity index (χ4v) is 7.08. The van der Waals surface area contributed by atoms with Crippen molar-refractivity contribution in [2.75, 3.05) is 0 Å². The number of ketones is 2. The van der Waals surface area contributed by atoms with Gasteiger partial charge in [0.05, 0.1) is 0 Å². The highest BCUT2D eigenvalue weighted by atomic mass is 16.5. The van der Waals surface area contributed by atoms with Crippen LogP contribution in [0, 0.1) is 10.8 Å². The van der Waals surface area contributed by atoms with E-state index in [0.29, 0.717) is 12.8 Å². The minimum absolute atomic E-state index is 0.0526. The number of para-hydroxylation sites is 2. The molecule has 0 bridgehead atoms. The lowest BCUT2D eigenvalue weighted by molar-refractivity contribution is -0.124. The molecular formula is C52H60O4. The Morgan fingerprint density at radius 2 is 0.839 bits per heavy atom. The van der Waals surface area contributed by atoms with Crippen LogP contribution >= 0.6 is 0 Å². The number of rotatable bonds is 14. The monoisotopic (exact) mass is 748 g/mol. The van der Waals surface area contributed by atoms with Crippen LogP contribution in [-0.4, -0.2) is 23.8 Å². The molecule has 0 radical (unpaired) electrons. The summed E-state index contributed by atoms with van der Waals surface area (Å²) in [4.78, 5) is 26.4. The molecule has 2 unspecified atom stereocenters. The summed E-state index contributed by atoms with van der Waals surface area (Å²) in [6.07, 6.45) is 29.4. The minimum atomic E-state index is -0.474. The van der Waals surface area contributed by atoms with Crippen molar-refractivity contribution in [3.8, 4) is 11.5 Å². The molecule has 0 N–H and O–H groups in total. The summed E-state index contributed by atoms with van der Waals surface area (Å²) < 4.78 is 12.2. The molecule has 0 heterocycles. The van der Waals surface area contributed by atoms with Gasteiger partial charge < -0.3 is 9.47 Å². The lowest BCUT2D eigenvalue weighted by atomic mass is 9.71. The van der Waals surface area contributed by atoms with Gasteiger partial charge in [0.25, 0.3) is 0 Å². The van der Waals surface area contributed by atoms with Gasteiger partial charge in [-0.15, -0.1) is 0 Å². The van der Waals surface area contributed by atoms with Crippen LogP contribution in [0.4, 0.5) is 0 Å². The molecule has 2 aromatic rings. The van der Waals surface area contributed by atoms with Crippen LogP contribution in [0.2, 0.25) is 0 Å². The first kappa shape index (κ1) is 43.3. The number of Topliss-reactive ketones (excluding diaryl/α,β-unsaturated/α-hetero) is 2. The Labute approximate surface area is 336 Å². The maximum Gasteiger partial charge on any atom is 0.199 e. The number of allylic oxidation sites excluding steroid dienone is 20. The summed E-state index contributed by atoms with van der Waals surface area (Å²) in [5, 5.41) is 0. The molecule has 2 aromatic carbocycles. The maximum atomic E-state index is 13.2. The molecule has 0 aliphatic heterocycles. The third-order valence-electron chi connectivity index (χ3n) is 10.3. The molecule has 2 atom stereocenters. The van der Waals surface area contributed by atoms with Gasteiger partial charge in [-0.05, 0) is 98.9 Å². The topological polar surface area (TPSA) is 52.6 Å². The third-order valence-corrected chi connectivity index (χ3v) is 10.3. The largest absolute Gasteiger partial charge is 0.482 e. The zero-order valence-electron chi connectivity index (χ0n) is 35.1. The average Bonchev–Trinajstić information content (AvgIpc) is 3.15. The van der Waals surface area contributed by atoms with Crippen LogP contribution in [0.3, 0.4) is 0 Å². The number of carbonyl (C=O) groups is 2. The number of hydrogen-bond acceptors (Lipinski definition) is 4. The Kier molecular flexibility index (Phi) is 15.4. The SMILES string of the molecule is CC1=C(/C=C/C(C)=C/C=C/C(C)=C/C=C/C=C(C)/C=C/C=C(C)/C=C/C2=C(C)C(=O)C(Oc3ccccc3)CC2(C)C)C(C)(C)CC(Oc2ccccc2)C1=O. The van der Waals surface area contributed by atoms with E-state index < -0.39 is 12.2 Å². The molecule has 292 valence electrons. The fourth-order valence-electron chi connectivity index (χ4n) is 7.08. The van der Waals surface area contributed by atoms with Crippen molar-refractivity contribution in [2.45, 2.75) is 94.3 Å². The Balaban J connectivity index is 1.28. The summed E-state index contributed by atoms with van der Waals surface area (Å²) in [6, 6.07) is 19.1. The van der Waals surface area contributed by atoms with Gasteiger partial charge in [0.15, 0.2) is 23.8 Å². The molecular weight excluding hydrogens is 689 g/mol. The summed E-state index contributed by atoms with van der Waals surface area (Å²) in [5.74, 6) is 1.55. The predicted molar refractivity (Wildman–Crippen MR) is 235 cm³/mol. The average molecular weight is 749 g/mol. The highest BCUT2D eigenvalue weighted by Gasteiger charge is 2.40. The summed E-state index contributed by atoms with van der Waals surface area (Å²) >= 11 is 0. The van der Waals surface area contributed by atoms with Gasteiger partial charge in [0, 0.05) is 12.8 Å². The third kappa shape index (κ3) is 12.5. The second kappa shape index (κ2) is 19.9. The van der Waals surface area contributed by atoms with E-state index in [1.807, 2.05) is 86.7 Å². The Hall–Kier alpha value is -5.48. The Bertz CT molecular complexity index is 1920. The summed E-state index contributed by atoms with van der Waals surface area (Å²) in [6.45, 7) is 20.8. The van der Waals surface area contributed by atoms with Crippen LogP contribution in [-0.2, 0) is 9.59 Å². The van der Waals surface area contributed by atoms with Gasteiger partial charge in [-0.25, -0.2) is 0 Å². The van der Waals surface area contributed by atoms with E-state index >= 15 is 0 Å². The van der Waals surface area contributed by atoms with Crippen LogP contribution < -0.4 is 9.47 Å². The highest BCUT2D eigenvalue weighted by Crippen LogP contribution is 2.42. The van der Waals surface area contributed by atoms with E-state index in [-0.39, 0.29) is 22.4 Å². The smallest absolute Gasteiger partial charge is 0.199 e. The first-order chi connectivity index (χ1) is 26.6. The highest BCUT2D eigenvalue weighted by molar-refractivity contribution is 6.01. The van der Waals surface area contributed by atoms with Crippen molar-refractivity contribution in [3.05, 3.63) is 190 Å². The molecule has 4 rings (SSSR count). The van der Waals surface area contributed by atoms with Crippen LogP contribution in [0.25, 0.3) is 0 Å². The quantitative estimate of drug-likeness (QED) is 0.181. The van der Waals surface area contributed by atoms with E-state index in [0.717, 1.165) is 56.1 Å². The standard InChI is InChI=1S/C52H60O4/c1-37(23-19-25-39(3)31-33-45-41(5)49(53)47(35-51(45,7)8)55-43-27-13-11-14-28-43)21-17-18-22-38(2)24-20-26-40(4)32-34-46-42(6)50(54)48(36-52(46,9)10)56-44-29-15-12-16-30-44/h11-34,47-48H,35-36H2,1-10H3/b18-17+,23-19+,24-20+,33-31+,34-32+,37-21+,38-22+,39-25+,40-26+. The van der Waals surface area contributed by atoms with E-state index in [9.17, 15) is 9.59 Å². The summed E-state index contributed by atoms with van der Waals surface area (Å²) in [7, 11) is 0. The summed E-state index contributed by atoms with van der Waals surface area (Å²) in [5.41, 5.74) is 7.74. The maximum absolute atomic E-state index is 13.2. The van der Waals surface area contributed by atoms with E-state index in [1.165, 1.54) is 0 Å². The molecule has 0 fully saturated rings. The molecule has 0 spiro atoms. The van der Waals surface area contributed by atoms with E-state index in [2.05, 4.69) is 128 Å². The molecule has 4 nitrogen and oxygen atoms in total. The first-order valence-electron chi connectivity index (χ1n) is 19.6. The van der Waals surface area contributed by atoms with Crippen LogP contribution in [0.1, 0.15) is 82.1 Å². The van der Waals surface area contributed by atoms with Gasteiger partial charge in [-0.3, -0.25) is 9.59 Å². The van der Waals surface area contributed by atoms with Crippen molar-refractivity contribution < 1.29 is 19.1 Å². The first-order valence-corrected chi connectivity index (χ1v) is 19.6. The zero-order valence-corrected chi connectivity index (χ0v) is 35.1. The van der Waals surface area contributed by atoms with Crippen molar-refractivity contribution >= 4 is 11.6 Å². The second-order valence-electron chi connectivity index (χ2n) is 16.2. The minimum Gasteiger partial charge on any atom is -0.482 e. The van der Waals surface area contributed by atoms with Crippen LogP contribution in [0.15, 0.2) is 190 Å². The Morgan fingerprint density at radius 1 is 0.518 bits per heavy atom. The lowest BCUT2D eigenvalue weighted by Gasteiger charge is -2.36. The molecule has 4 heteroatoms. The van der Waals surface area contributed by atoms with E-state index in [1.54, 1.807) is 0 Å². The van der Waals surface area contributed by atoms with Crippen molar-refractivity contribution in [1.82, 2.24) is 0 Å². The van der Waals surface area contributed by atoms with Crippen molar-refractivity contribution in [2.24, 2.45) is 10.8 Å². The zero-order chi connectivity index (χ0) is 40.9. The van der Waals surface area contributed by atoms with Gasteiger partial charge in [0.2, 0.25) is 0 Å². The van der Waals surface area contributed by atoms with Crippen molar-refractivity contribution in [1.29, 1.82) is 0 Å². The van der Waals surface area contributed by atoms with Gasteiger partial charge in [-0.2, -0.15) is 0 Å². The lowest BCUT2D eigenvalue weighted by Crippen LogP contribution is -2.39. The molecule has 0 saturated carbocycles.